The van der Waals surface area contributed by atoms with E-state index in [9.17, 15) is 14.0 Å². The Balaban J connectivity index is 1.58. The molecule has 1 aliphatic heterocycles. The molecule has 3 amide bonds. The van der Waals surface area contributed by atoms with Crippen molar-refractivity contribution in [3.63, 3.8) is 0 Å². The van der Waals surface area contributed by atoms with E-state index < -0.39 is 17.4 Å². The van der Waals surface area contributed by atoms with Crippen LogP contribution in [0.1, 0.15) is 37.5 Å². The molecule has 0 saturated carbocycles. The van der Waals surface area contributed by atoms with Crippen molar-refractivity contribution in [3.05, 3.63) is 71.7 Å². The summed E-state index contributed by atoms with van der Waals surface area (Å²) in [6.45, 7) is 1.95. The Kier molecular flexibility index (Phi) is 5.94. The zero-order chi connectivity index (χ0) is 22.7. The molecule has 0 spiro atoms. The van der Waals surface area contributed by atoms with Crippen molar-refractivity contribution in [1.29, 1.82) is 0 Å². The van der Waals surface area contributed by atoms with Gasteiger partial charge in [-0.2, -0.15) is 0 Å². The van der Waals surface area contributed by atoms with Crippen LogP contribution in [0.3, 0.4) is 0 Å². The number of imide groups is 1. The zero-order valence-corrected chi connectivity index (χ0v) is 17.9. The van der Waals surface area contributed by atoms with E-state index in [0.29, 0.717) is 23.4 Å². The molecule has 8 heteroatoms. The summed E-state index contributed by atoms with van der Waals surface area (Å²) in [5, 5.41) is 6.91. The number of urea groups is 1. The Hall–Kier alpha value is -3.68. The number of unbranched alkanes of at least 4 members (excludes halogenated alkanes) is 1. The highest BCUT2D eigenvalue weighted by atomic mass is 19.1. The molecule has 3 aromatic rings. The third kappa shape index (κ3) is 3.95. The second-order valence-corrected chi connectivity index (χ2v) is 7.74. The van der Waals surface area contributed by atoms with E-state index >= 15 is 0 Å². The second kappa shape index (κ2) is 8.82. The number of carbonyl (C=O) groups is 2. The summed E-state index contributed by atoms with van der Waals surface area (Å²) in [5.41, 5.74) is 0.747. The van der Waals surface area contributed by atoms with Gasteiger partial charge in [0.05, 0.1) is 13.7 Å². The molecule has 0 aliphatic carbocycles. The SMILES string of the molecule is CCCCC1(c2ccc(F)cc2)NC(=O)N(Cc2cc(-c3ccc(OC)cc3)no2)C1=O. The fourth-order valence-corrected chi connectivity index (χ4v) is 3.90. The summed E-state index contributed by atoms with van der Waals surface area (Å²) in [7, 11) is 1.59. The number of rotatable bonds is 8. The Bertz CT molecular complexity index is 1110. The first kappa shape index (κ1) is 21.5. The van der Waals surface area contributed by atoms with Crippen molar-refractivity contribution >= 4 is 11.9 Å². The van der Waals surface area contributed by atoms with Gasteiger partial charge in [0.25, 0.3) is 5.91 Å². The number of carbonyl (C=O) groups excluding carboxylic acids is 2. The topological polar surface area (TPSA) is 84.7 Å². The molecule has 32 heavy (non-hydrogen) atoms. The lowest BCUT2D eigenvalue weighted by Gasteiger charge is -2.27. The fraction of sp³-hybridized carbons (Fsp3) is 0.292. The van der Waals surface area contributed by atoms with Crippen molar-refractivity contribution in [2.24, 2.45) is 0 Å². The molecule has 1 aliphatic rings. The van der Waals surface area contributed by atoms with Gasteiger partial charge in [-0.25, -0.2) is 9.18 Å². The lowest BCUT2D eigenvalue weighted by Crippen LogP contribution is -2.44. The molecule has 2 heterocycles. The highest BCUT2D eigenvalue weighted by Gasteiger charge is 2.52. The molecule has 4 rings (SSSR count). The van der Waals surface area contributed by atoms with Gasteiger partial charge >= 0.3 is 6.03 Å². The molecule has 166 valence electrons. The van der Waals surface area contributed by atoms with Crippen molar-refractivity contribution in [2.75, 3.05) is 7.11 Å². The number of nitrogens with one attached hydrogen (secondary N) is 1. The molecule has 1 atom stereocenters. The molecule has 1 N–H and O–H groups in total. The van der Waals surface area contributed by atoms with Gasteiger partial charge in [-0.1, -0.05) is 37.1 Å². The van der Waals surface area contributed by atoms with Crippen molar-refractivity contribution in [1.82, 2.24) is 15.4 Å². The molecular weight excluding hydrogens is 413 g/mol. The minimum atomic E-state index is -1.22. The number of nitrogens with zero attached hydrogens (tertiary/aromatic N) is 2. The number of hydrogen-bond donors (Lipinski definition) is 1. The number of methoxy groups -OCH3 is 1. The summed E-state index contributed by atoms with van der Waals surface area (Å²) in [6.07, 6.45) is 1.99. The van der Waals surface area contributed by atoms with Gasteiger partial charge < -0.3 is 14.6 Å². The maximum atomic E-state index is 13.5. The van der Waals surface area contributed by atoms with E-state index in [4.69, 9.17) is 9.26 Å². The predicted molar refractivity (Wildman–Crippen MR) is 115 cm³/mol. The van der Waals surface area contributed by atoms with E-state index in [0.717, 1.165) is 29.1 Å². The number of hydrogen-bond acceptors (Lipinski definition) is 5. The first-order valence-corrected chi connectivity index (χ1v) is 10.5. The van der Waals surface area contributed by atoms with Crippen LogP contribution >= 0.6 is 0 Å². The maximum Gasteiger partial charge on any atom is 0.325 e. The molecule has 1 fully saturated rings. The van der Waals surface area contributed by atoms with Crippen molar-refractivity contribution in [2.45, 2.75) is 38.3 Å². The van der Waals surface area contributed by atoms with Crippen LogP contribution in [0.15, 0.2) is 59.1 Å². The first-order chi connectivity index (χ1) is 15.5. The Morgan fingerprint density at radius 2 is 1.84 bits per heavy atom. The van der Waals surface area contributed by atoms with Crippen LogP contribution < -0.4 is 10.1 Å². The summed E-state index contributed by atoms with van der Waals surface area (Å²) < 4.78 is 24.0. The largest absolute Gasteiger partial charge is 0.497 e. The van der Waals surface area contributed by atoms with E-state index in [1.54, 1.807) is 25.3 Å². The third-order valence-electron chi connectivity index (χ3n) is 5.68. The Morgan fingerprint density at radius 1 is 1.12 bits per heavy atom. The van der Waals surface area contributed by atoms with E-state index in [-0.39, 0.29) is 12.5 Å². The average Bonchev–Trinajstić information content (AvgIpc) is 3.37. The van der Waals surface area contributed by atoms with E-state index in [2.05, 4.69) is 10.5 Å². The molecule has 1 aromatic heterocycles. The fourth-order valence-electron chi connectivity index (χ4n) is 3.90. The van der Waals surface area contributed by atoms with Gasteiger partial charge in [0.15, 0.2) is 5.76 Å². The van der Waals surface area contributed by atoms with Gasteiger partial charge in [0.2, 0.25) is 0 Å². The minimum Gasteiger partial charge on any atom is -0.497 e. The van der Waals surface area contributed by atoms with Crippen LogP contribution in [-0.4, -0.2) is 29.1 Å². The number of amides is 3. The second-order valence-electron chi connectivity index (χ2n) is 7.74. The van der Waals surface area contributed by atoms with Crippen LogP contribution in [0.2, 0.25) is 0 Å². The van der Waals surface area contributed by atoms with E-state index in [1.165, 1.54) is 12.1 Å². The molecule has 0 bridgehead atoms. The highest BCUT2D eigenvalue weighted by molar-refractivity contribution is 6.07. The number of ether oxygens (including phenoxy) is 1. The summed E-state index contributed by atoms with van der Waals surface area (Å²) in [5.74, 6) is 0.316. The molecule has 2 aromatic carbocycles. The Morgan fingerprint density at radius 3 is 2.50 bits per heavy atom. The lowest BCUT2D eigenvalue weighted by molar-refractivity contribution is -0.132. The first-order valence-electron chi connectivity index (χ1n) is 10.5. The van der Waals surface area contributed by atoms with Gasteiger partial charge in [-0.3, -0.25) is 9.69 Å². The summed E-state index contributed by atoms with van der Waals surface area (Å²) >= 11 is 0. The quantitative estimate of drug-likeness (QED) is 0.520. The number of benzene rings is 2. The molecule has 1 unspecified atom stereocenters. The van der Waals surface area contributed by atoms with Gasteiger partial charge in [-0.05, 0) is 48.4 Å². The van der Waals surface area contributed by atoms with Crippen molar-refractivity contribution in [3.8, 4) is 17.0 Å². The number of aromatic nitrogens is 1. The van der Waals surface area contributed by atoms with Crippen LogP contribution in [-0.2, 0) is 16.9 Å². The lowest BCUT2D eigenvalue weighted by atomic mass is 9.84. The van der Waals surface area contributed by atoms with Crippen LogP contribution in [0.25, 0.3) is 11.3 Å². The Labute approximate surface area is 185 Å². The van der Waals surface area contributed by atoms with Crippen LogP contribution in [0, 0.1) is 5.82 Å². The maximum absolute atomic E-state index is 13.5. The minimum absolute atomic E-state index is 0.0527. The molecule has 1 saturated heterocycles. The standard InChI is InChI=1S/C24H24FN3O4/c1-3-4-13-24(17-7-9-18(25)10-8-17)22(29)28(23(30)26-24)15-20-14-21(27-32-20)16-5-11-19(31-2)12-6-16/h5-12,14H,3-4,13,15H2,1-2H3,(H,26,30). The number of halogens is 1. The summed E-state index contributed by atoms with van der Waals surface area (Å²) in [6, 6.07) is 14.2. The monoisotopic (exact) mass is 437 g/mol. The van der Waals surface area contributed by atoms with Gasteiger partial charge in [0, 0.05) is 11.6 Å². The third-order valence-corrected chi connectivity index (χ3v) is 5.68. The molecule has 0 radical (unpaired) electrons. The normalized spacial score (nSPS) is 18.2. The zero-order valence-electron chi connectivity index (χ0n) is 17.9. The average molecular weight is 437 g/mol. The van der Waals surface area contributed by atoms with Gasteiger partial charge in [-0.15, -0.1) is 0 Å². The molecular formula is C24H24FN3O4. The van der Waals surface area contributed by atoms with Gasteiger partial charge in [0.1, 0.15) is 22.8 Å². The highest BCUT2D eigenvalue weighted by Crippen LogP contribution is 2.35. The smallest absolute Gasteiger partial charge is 0.325 e. The van der Waals surface area contributed by atoms with Crippen molar-refractivity contribution < 1.29 is 23.2 Å². The van der Waals surface area contributed by atoms with Crippen LogP contribution in [0.4, 0.5) is 9.18 Å². The summed E-state index contributed by atoms with van der Waals surface area (Å²) in [4.78, 5) is 27.4. The molecule has 7 nitrogen and oxygen atoms in total. The van der Waals surface area contributed by atoms with E-state index in [1.807, 2.05) is 31.2 Å². The van der Waals surface area contributed by atoms with Crippen LogP contribution in [0.5, 0.6) is 5.75 Å². The predicted octanol–water partition coefficient (Wildman–Crippen LogP) is 4.63.